The lowest BCUT2D eigenvalue weighted by molar-refractivity contribution is 0.971. The van der Waals surface area contributed by atoms with E-state index in [1.807, 2.05) is 20.8 Å². The van der Waals surface area contributed by atoms with Gasteiger partial charge in [-0.05, 0) is 20.8 Å². The summed E-state index contributed by atoms with van der Waals surface area (Å²) in [6.07, 6.45) is 0. The first kappa shape index (κ1) is 6.20. The molecule has 47 valence electrons. The zero-order valence-electron chi connectivity index (χ0n) is 5.89. The maximum absolute atomic E-state index is 4.07. The molecule has 0 atom stereocenters. The smallest absolute Gasteiger partial charge is 0.125 e. The fourth-order valence-electron chi connectivity index (χ4n) is 0.828. The Kier molecular flexibility index (Phi) is 1.47. The fraction of sp³-hybridized carbons (Fsp3) is 0.429. The molecule has 1 aromatic rings. The summed E-state index contributed by atoms with van der Waals surface area (Å²) in [5.41, 5.74) is 1.83. The van der Waals surface area contributed by atoms with E-state index >= 15 is 0 Å². The minimum atomic E-state index is 0.823. The summed E-state index contributed by atoms with van der Waals surface area (Å²) in [4.78, 5) is 8.14. The molecule has 0 N–H and O–H groups in total. The van der Waals surface area contributed by atoms with Crippen LogP contribution in [0.3, 0.4) is 0 Å². The predicted octanol–water partition coefficient (Wildman–Crippen LogP) is 1.20. The first-order chi connectivity index (χ1) is 4.18. The molecule has 0 bridgehead atoms. The minimum Gasteiger partial charge on any atom is -0.238 e. The molecule has 9 heavy (non-hydrogen) atoms. The van der Waals surface area contributed by atoms with Gasteiger partial charge in [0.1, 0.15) is 5.82 Å². The van der Waals surface area contributed by atoms with Crippen molar-refractivity contribution in [3.8, 4) is 0 Å². The van der Waals surface area contributed by atoms with Crippen molar-refractivity contribution in [2.75, 3.05) is 0 Å². The quantitative estimate of drug-likeness (QED) is 0.515. The molecule has 0 aliphatic rings. The van der Waals surface area contributed by atoms with Crippen LogP contribution in [0.15, 0.2) is 0 Å². The van der Waals surface area contributed by atoms with E-state index in [-0.39, 0.29) is 0 Å². The summed E-state index contributed by atoms with van der Waals surface area (Å²) in [6, 6.07) is 2.99. The number of aromatic nitrogens is 2. The Morgan fingerprint density at radius 3 is 1.78 bits per heavy atom. The molecule has 0 aliphatic heterocycles. The molecule has 1 rings (SSSR count). The van der Waals surface area contributed by atoms with Crippen molar-refractivity contribution in [1.29, 1.82) is 0 Å². The summed E-state index contributed by atoms with van der Waals surface area (Å²) in [7, 11) is 0. The van der Waals surface area contributed by atoms with Crippen LogP contribution in [0.25, 0.3) is 0 Å². The van der Waals surface area contributed by atoms with Gasteiger partial charge in [0.2, 0.25) is 0 Å². The highest BCUT2D eigenvalue weighted by molar-refractivity contribution is 5.04. The molecule has 2 nitrogen and oxygen atoms in total. The second kappa shape index (κ2) is 2.13. The largest absolute Gasteiger partial charge is 0.238 e. The Bertz CT molecular complexity index is 168. The van der Waals surface area contributed by atoms with E-state index in [4.69, 9.17) is 0 Å². The van der Waals surface area contributed by atoms with Gasteiger partial charge >= 0.3 is 0 Å². The van der Waals surface area contributed by atoms with Crippen molar-refractivity contribution in [3.63, 3.8) is 0 Å². The second-order valence-electron chi connectivity index (χ2n) is 2.07. The van der Waals surface area contributed by atoms with Crippen LogP contribution in [0.4, 0.5) is 0 Å². The topological polar surface area (TPSA) is 25.8 Å². The number of hydrogen-bond acceptors (Lipinski definition) is 2. The third-order valence-electron chi connectivity index (χ3n) is 1.02. The lowest BCUT2D eigenvalue weighted by Crippen LogP contribution is -1.92. The van der Waals surface area contributed by atoms with Crippen molar-refractivity contribution in [1.82, 2.24) is 9.97 Å². The van der Waals surface area contributed by atoms with Crippen molar-refractivity contribution in [2.24, 2.45) is 0 Å². The van der Waals surface area contributed by atoms with Gasteiger partial charge in [0.15, 0.2) is 0 Å². The van der Waals surface area contributed by atoms with E-state index in [2.05, 4.69) is 16.0 Å². The SMILES string of the molecule is Cc1[c]c(C)nc(C)n1. The Morgan fingerprint density at radius 1 is 1.00 bits per heavy atom. The predicted molar refractivity (Wildman–Crippen MR) is 35.1 cm³/mol. The highest BCUT2D eigenvalue weighted by atomic mass is 14.9. The van der Waals surface area contributed by atoms with Crippen molar-refractivity contribution in [2.45, 2.75) is 20.8 Å². The average Bonchev–Trinajstić information content (AvgIpc) is 1.59. The summed E-state index contributed by atoms with van der Waals surface area (Å²) in [5, 5.41) is 0. The van der Waals surface area contributed by atoms with Gasteiger partial charge in [-0.2, -0.15) is 0 Å². The molecule has 0 amide bonds. The van der Waals surface area contributed by atoms with Crippen LogP contribution in [-0.2, 0) is 0 Å². The third-order valence-corrected chi connectivity index (χ3v) is 1.02. The van der Waals surface area contributed by atoms with Gasteiger partial charge in [0.25, 0.3) is 0 Å². The highest BCUT2D eigenvalue weighted by Crippen LogP contribution is 1.95. The fourth-order valence-corrected chi connectivity index (χ4v) is 0.828. The van der Waals surface area contributed by atoms with Gasteiger partial charge in [-0.15, -0.1) is 0 Å². The summed E-state index contributed by atoms with van der Waals surface area (Å²) in [6.45, 7) is 5.72. The van der Waals surface area contributed by atoms with E-state index in [1.165, 1.54) is 0 Å². The number of hydrogen-bond donors (Lipinski definition) is 0. The Hall–Kier alpha value is -0.920. The van der Waals surface area contributed by atoms with E-state index in [1.54, 1.807) is 0 Å². The van der Waals surface area contributed by atoms with Crippen LogP contribution in [-0.4, -0.2) is 9.97 Å². The first-order valence-corrected chi connectivity index (χ1v) is 2.89. The highest BCUT2D eigenvalue weighted by Gasteiger charge is 1.91. The average molecular weight is 121 g/mol. The van der Waals surface area contributed by atoms with Crippen molar-refractivity contribution < 1.29 is 0 Å². The van der Waals surface area contributed by atoms with Crippen molar-refractivity contribution >= 4 is 0 Å². The van der Waals surface area contributed by atoms with Crippen molar-refractivity contribution in [3.05, 3.63) is 23.3 Å². The van der Waals surface area contributed by atoms with Gasteiger partial charge in [0, 0.05) is 17.5 Å². The van der Waals surface area contributed by atoms with Crippen LogP contribution in [0.5, 0.6) is 0 Å². The molecule has 0 aliphatic carbocycles. The number of nitrogens with zero attached hydrogens (tertiary/aromatic N) is 2. The van der Waals surface area contributed by atoms with E-state index < -0.39 is 0 Å². The molecule has 2 heteroatoms. The molecule has 0 saturated carbocycles. The van der Waals surface area contributed by atoms with Crippen LogP contribution >= 0.6 is 0 Å². The van der Waals surface area contributed by atoms with Gasteiger partial charge in [-0.1, -0.05) is 0 Å². The molecule has 0 spiro atoms. The standard InChI is InChI=1S/C7H9N2/c1-5-4-6(2)9-7(3)8-5/h1-3H3. The second-order valence-corrected chi connectivity index (χ2v) is 2.07. The van der Waals surface area contributed by atoms with E-state index in [0.29, 0.717) is 0 Å². The van der Waals surface area contributed by atoms with Gasteiger partial charge in [-0.25, -0.2) is 9.97 Å². The van der Waals surface area contributed by atoms with Crippen LogP contribution in [0.1, 0.15) is 17.2 Å². The maximum atomic E-state index is 4.07. The maximum Gasteiger partial charge on any atom is 0.125 e. The molecule has 0 saturated heterocycles. The van der Waals surface area contributed by atoms with Gasteiger partial charge in [0.05, 0.1) is 0 Å². The summed E-state index contributed by atoms with van der Waals surface area (Å²) in [5.74, 6) is 0.823. The lowest BCUT2D eigenvalue weighted by atomic mass is 10.3. The molecular weight excluding hydrogens is 112 g/mol. The van der Waals surface area contributed by atoms with Crippen LogP contribution in [0, 0.1) is 26.8 Å². The van der Waals surface area contributed by atoms with Crippen LogP contribution in [0.2, 0.25) is 0 Å². The normalized spacial score (nSPS) is 9.67. The molecule has 0 aromatic carbocycles. The molecule has 0 fully saturated rings. The monoisotopic (exact) mass is 121 g/mol. The Morgan fingerprint density at radius 2 is 1.44 bits per heavy atom. The molecule has 1 radical (unpaired) electrons. The number of rotatable bonds is 0. The molecule has 1 aromatic heterocycles. The van der Waals surface area contributed by atoms with E-state index in [9.17, 15) is 0 Å². The lowest BCUT2D eigenvalue weighted by Gasteiger charge is -1.94. The Balaban J connectivity index is 3.17. The minimum absolute atomic E-state index is 0.823. The summed E-state index contributed by atoms with van der Waals surface area (Å²) < 4.78 is 0. The third kappa shape index (κ3) is 1.49. The van der Waals surface area contributed by atoms with Gasteiger partial charge < -0.3 is 0 Å². The Labute approximate surface area is 55.0 Å². The zero-order valence-corrected chi connectivity index (χ0v) is 5.89. The number of aryl methyl sites for hydroxylation is 3. The molecule has 0 unspecified atom stereocenters. The molecule has 1 heterocycles. The first-order valence-electron chi connectivity index (χ1n) is 2.89. The summed E-state index contributed by atoms with van der Waals surface area (Å²) >= 11 is 0. The van der Waals surface area contributed by atoms with E-state index in [0.717, 1.165) is 17.2 Å². The molecular formula is C7H9N2. The van der Waals surface area contributed by atoms with Crippen LogP contribution < -0.4 is 0 Å². The van der Waals surface area contributed by atoms with Gasteiger partial charge in [-0.3, -0.25) is 0 Å². The zero-order chi connectivity index (χ0) is 6.85.